The van der Waals surface area contributed by atoms with Crippen molar-refractivity contribution < 1.29 is 19.1 Å². The topological polar surface area (TPSA) is 90.7 Å². The van der Waals surface area contributed by atoms with Crippen molar-refractivity contribution in [1.29, 1.82) is 0 Å². The molecule has 0 saturated heterocycles. The molecule has 6 nitrogen and oxygen atoms in total. The quantitative estimate of drug-likeness (QED) is 0.485. The Balaban J connectivity index is 2.04. The standard InChI is InChI=1S/C18H18N2O4/c1-23-16-11-14(12-20-18(19)22)7-9-15(16)24-17(21)10-8-13-5-3-2-4-6-13/h2-11H,12H2,1H3,(H3,19,20,22)/b10-8+. The molecule has 2 amide bonds. The Labute approximate surface area is 139 Å². The number of urea groups is 1. The number of hydrogen-bond donors (Lipinski definition) is 2. The largest absolute Gasteiger partial charge is 0.493 e. The highest BCUT2D eigenvalue weighted by Gasteiger charge is 2.09. The second kappa shape index (κ2) is 8.38. The Morgan fingerprint density at radius 1 is 1.12 bits per heavy atom. The second-order valence-corrected chi connectivity index (χ2v) is 4.87. The molecule has 2 rings (SSSR count). The van der Waals surface area contributed by atoms with Gasteiger partial charge in [-0.2, -0.15) is 0 Å². The number of ether oxygens (including phenoxy) is 2. The Morgan fingerprint density at radius 3 is 2.54 bits per heavy atom. The lowest BCUT2D eigenvalue weighted by molar-refractivity contribution is -0.129. The molecule has 0 unspecified atom stereocenters. The maximum Gasteiger partial charge on any atom is 0.336 e. The molecule has 0 aliphatic carbocycles. The van der Waals surface area contributed by atoms with Crippen molar-refractivity contribution in [2.45, 2.75) is 6.54 Å². The summed E-state index contributed by atoms with van der Waals surface area (Å²) in [4.78, 5) is 22.6. The molecule has 0 fully saturated rings. The van der Waals surface area contributed by atoms with E-state index in [9.17, 15) is 9.59 Å². The van der Waals surface area contributed by atoms with Crippen molar-refractivity contribution in [3.8, 4) is 11.5 Å². The molecule has 3 N–H and O–H groups in total. The van der Waals surface area contributed by atoms with Crippen molar-refractivity contribution in [2.24, 2.45) is 5.73 Å². The Morgan fingerprint density at radius 2 is 1.88 bits per heavy atom. The van der Waals surface area contributed by atoms with E-state index in [0.717, 1.165) is 11.1 Å². The van der Waals surface area contributed by atoms with Crippen LogP contribution in [0.1, 0.15) is 11.1 Å². The molecule has 0 heterocycles. The zero-order chi connectivity index (χ0) is 17.4. The minimum atomic E-state index is -0.615. The van der Waals surface area contributed by atoms with E-state index < -0.39 is 12.0 Å². The molecule has 0 aliphatic rings. The molecule has 6 heteroatoms. The van der Waals surface area contributed by atoms with E-state index in [2.05, 4.69) is 5.32 Å². The van der Waals surface area contributed by atoms with Crippen molar-refractivity contribution in [1.82, 2.24) is 5.32 Å². The number of carbonyl (C=O) groups is 2. The summed E-state index contributed by atoms with van der Waals surface area (Å²) in [5, 5.41) is 2.48. The van der Waals surface area contributed by atoms with Crippen molar-refractivity contribution in [2.75, 3.05) is 7.11 Å². The van der Waals surface area contributed by atoms with Crippen molar-refractivity contribution in [3.05, 3.63) is 65.7 Å². The van der Waals surface area contributed by atoms with E-state index in [1.165, 1.54) is 13.2 Å². The van der Waals surface area contributed by atoms with E-state index in [0.29, 0.717) is 11.5 Å². The summed E-state index contributed by atoms with van der Waals surface area (Å²) in [6.07, 6.45) is 3.01. The fraction of sp³-hybridized carbons (Fsp3) is 0.111. The smallest absolute Gasteiger partial charge is 0.336 e. The van der Waals surface area contributed by atoms with Crippen LogP contribution in [0.25, 0.3) is 6.08 Å². The van der Waals surface area contributed by atoms with Gasteiger partial charge in [0.25, 0.3) is 0 Å². The van der Waals surface area contributed by atoms with Crippen LogP contribution in [0.2, 0.25) is 0 Å². The normalized spacial score (nSPS) is 10.4. The summed E-state index contributed by atoms with van der Waals surface area (Å²) >= 11 is 0. The van der Waals surface area contributed by atoms with Gasteiger partial charge in [-0.05, 0) is 29.3 Å². The van der Waals surface area contributed by atoms with Gasteiger partial charge in [-0.25, -0.2) is 9.59 Å². The molecule has 0 spiro atoms. The molecular formula is C18H18N2O4. The highest BCUT2D eigenvalue weighted by atomic mass is 16.6. The van der Waals surface area contributed by atoms with Crippen molar-refractivity contribution in [3.63, 3.8) is 0 Å². The molecule has 2 aromatic carbocycles. The Hall–Kier alpha value is -3.28. The lowest BCUT2D eigenvalue weighted by atomic mass is 10.2. The molecule has 0 bridgehead atoms. The Bertz CT molecular complexity index is 742. The zero-order valence-corrected chi connectivity index (χ0v) is 13.2. The van der Waals surface area contributed by atoms with E-state index in [1.807, 2.05) is 30.3 Å². The third kappa shape index (κ3) is 5.17. The van der Waals surface area contributed by atoms with Crippen LogP contribution >= 0.6 is 0 Å². The highest BCUT2D eigenvalue weighted by Crippen LogP contribution is 2.28. The van der Waals surface area contributed by atoms with Gasteiger partial charge in [0, 0.05) is 12.6 Å². The molecular weight excluding hydrogens is 308 g/mol. The lowest BCUT2D eigenvalue weighted by Gasteiger charge is -2.10. The van der Waals surface area contributed by atoms with Crippen LogP contribution in [0.15, 0.2) is 54.6 Å². The number of rotatable bonds is 6. The number of hydrogen-bond acceptors (Lipinski definition) is 4. The predicted molar refractivity (Wildman–Crippen MR) is 90.5 cm³/mol. The first-order valence-corrected chi connectivity index (χ1v) is 7.23. The summed E-state index contributed by atoms with van der Waals surface area (Å²) in [5.41, 5.74) is 6.70. The average Bonchev–Trinajstić information content (AvgIpc) is 2.60. The minimum Gasteiger partial charge on any atom is -0.493 e. The van der Waals surface area contributed by atoms with Crippen molar-refractivity contribution >= 4 is 18.1 Å². The number of carbonyl (C=O) groups excluding carboxylic acids is 2. The number of methoxy groups -OCH3 is 1. The maximum atomic E-state index is 11.9. The first-order valence-electron chi connectivity index (χ1n) is 7.23. The third-order valence-electron chi connectivity index (χ3n) is 3.12. The molecule has 2 aromatic rings. The SMILES string of the molecule is COc1cc(CNC(N)=O)ccc1OC(=O)/C=C/c1ccccc1. The average molecular weight is 326 g/mol. The molecule has 0 radical (unpaired) electrons. The van der Waals surface area contributed by atoms with Gasteiger partial charge in [0.1, 0.15) is 0 Å². The van der Waals surface area contributed by atoms with E-state index in [-0.39, 0.29) is 6.54 Å². The van der Waals surface area contributed by atoms with Crippen LogP contribution in [-0.4, -0.2) is 19.1 Å². The van der Waals surface area contributed by atoms with E-state index in [4.69, 9.17) is 15.2 Å². The van der Waals surface area contributed by atoms with Crippen LogP contribution in [-0.2, 0) is 11.3 Å². The number of nitrogens with two attached hydrogens (primary N) is 1. The maximum absolute atomic E-state index is 11.9. The number of nitrogens with one attached hydrogen (secondary N) is 1. The van der Waals surface area contributed by atoms with Crippen LogP contribution in [0, 0.1) is 0 Å². The van der Waals surface area contributed by atoms with Crippen LogP contribution < -0.4 is 20.5 Å². The van der Waals surface area contributed by atoms with Gasteiger partial charge in [0.2, 0.25) is 0 Å². The van der Waals surface area contributed by atoms with Gasteiger partial charge in [-0.15, -0.1) is 0 Å². The van der Waals surface area contributed by atoms with Gasteiger partial charge in [-0.3, -0.25) is 0 Å². The van der Waals surface area contributed by atoms with Crippen LogP contribution in [0.4, 0.5) is 4.79 Å². The van der Waals surface area contributed by atoms with Gasteiger partial charge in [0.05, 0.1) is 7.11 Å². The zero-order valence-electron chi connectivity index (χ0n) is 13.2. The van der Waals surface area contributed by atoms with Gasteiger partial charge in [0.15, 0.2) is 11.5 Å². The first kappa shape index (κ1) is 17.1. The lowest BCUT2D eigenvalue weighted by Crippen LogP contribution is -2.28. The highest BCUT2D eigenvalue weighted by molar-refractivity contribution is 5.89. The molecule has 0 aromatic heterocycles. The summed E-state index contributed by atoms with van der Waals surface area (Å²) in [7, 11) is 1.47. The minimum absolute atomic E-state index is 0.258. The summed E-state index contributed by atoms with van der Waals surface area (Å²) in [6.45, 7) is 0.258. The molecule has 0 saturated carbocycles. The Kier molecular flexibility index (Phi) is 5.96. The fourth-order valence-corrected chi connectivity index (χ4v) is 1.97. The number of amides is 2. The monoisotopic (exact) mass is 326 g/mol. The van der Waals surface area contributed by atoms with E-state index >= 15 is 0 Å². The third-order valence-corrected chi connectivity index (χ3v) is 3.12. The second-order valence-electron chi connectivity index (χ2n) is 4.87. The molecule has 0 atom stereocenters. The summed E-state index contributed by atoms with van der Waals surface area (Å²) < 4.78 is 10.5. The number of primary amides is 1. The summed E-state index contributed by atoms with van der Waals surface area (Å²) in [5.74, 6) is 0.170. The van der Waals surface area contributed by atoms with Gasteiger partial charge < -0.3 is 20.5 Å². The number of benzene rings is 2. The van der Waals surface area contributed by atoms with Gasteiger partial charge >= 0.3 is 12.0 Å². The van der Waals surface area contributed by atoms with Gasteiger partial charge in [-0.1, -0.05) is 36.4 Å². The molecule has 24 heavy (non-hydrogen) atoms. The predicted octanol–water partition coefficient (Wildman–Crippen LogP) is 2.48. The fourth-order valence-electron chi connectivity index (χ4n) is 1.97. The van der Waals surface area contributed by atoms with E-state index in [1.54, 1.807) is 24.3 Å². The first-order chi connectivity index (χ1) is 11.6. The van der Waals surface area contributed by atoms with Crippen LogP contribution in [0.5, 0.6) is 11.5 Å². The number of esters is 1. The molecule has 124 valence electrons. The van der Waals surface area contributed by atoms with Crippen LogP contribution in [0.3, 0.4) is 0 Å². The molecule has 0 aliphatic heterocycles. The summed E-state index contributed by atoms with van der Waals surface area (Å²) in [6, 6.07) is 13.8.